The molecule has 3 rings (SSSR count). The van der Waals surface area contributed by atoms with Gasteiger partial charge in [0.05, 0.1) is 0 Å². The van der Waals surface area contributed by atoms with Gasteiger partial charge in [-0.25, -0.2) is 4.79 Å². The van der Waals surface area contributed by atoms with Crippen molar-refractivity contribution in [1.29, 1.82) is 0 Å². The molecule has 2 aromatic rings. The smallest absolute Gasteiger partial charge is 0.319 e. The lowest BCUT2D eigenvalue weighted by atomic mass is 10.0. The highest BCUT2D eigenvalue weighted by Gasteiger charge is 2.22. The number of para-hydroxylation sites is 1. The maximum absolute atomic E-state index is 12.4. The molecule has 0 aliphatic carbocycles. The average molecular weight is 351 g/mol. The number of hydrogen-bond acceptors (Lipinski definition) is 2. The van der Waals surface area contributed by atoms with Gasteiger partial charge in [0.15, 0.2) is 0 Å². The normalized spacial score (nSPS) is 15.0. The van der Waals surface area contributed by atoms with E-state index < -0.39 is 0 Å². The van der Waals surface area contributed by atoms with E-state index in [0.29, 0.717) is 13.0 Å². The number of carbonyl (C=O) groups is 2. The van der Waals surface area contributed by atoms with Crippen LogP contribution in [0.25, 0.3) is 0 Å². The molecular weight excluding hydrogens is 326 g/mol. The van der Waals surface area contributed by atoms with Gasteiger partial charge in [-0.05, 0) is 37.0 Å². The summed E-state index contributed by atoms with van der Waals surface area (Å²) >= 11 is 0. The number of hydrogen-bond donors (Lipinski definition) is 2. The Hall–Kier alpha value is -2.82. The summed E-state index contributed by atoms with van der Waals surface area (Å²) in [5, 5.41) is 5.87. The third kappa shape index (κ3) is 4.85. The van der Waals surface area contributed by atoms with Gasteiger partial charge >= 0.3 is 6.03 Å². The molecular formula is C21H25N3O2. The first-order valence-electron chi connectivity index (χ1n) is 9.09. The van der Waals surface area contributed by atoms with Crippen LogP contribution in [0.4, 0.5) is 10.5 Å². The first-order chi connectivity index (χ1) is 12.6. The van der Waals surface area contributed by atoms with E-state index >= 15 is 0 Å². The van der Waals surface area contributed by atoms with Crippen LogP contribution in [-0.2, 0) is 11.2 Å². The average Bonchev–Trinajstić information content (AvgIpc) is 3.02. The van der Waals surface area contributed by atoms with Crippen LogP contribution in [0.2, 0.25) is 0 Å². The second kappa shape index (κ2) is 8.52. The van der Waals surface area contributed by atoms with Crippen molar-refractivity contribution >= 4 is 17.6 Å². The van der Waals surface area contributed by atoms with Gasteiger partial charge in [0, 0.05) is 31.2 Å². The first-order valence-corrected chi connectivity index (χ1v) is 9.09. The minimum Gasteiger partial charge on any atom is -0.341 e. The Balaban J connectivity index is 1.58. The van der Waals surface area contributed by atoms with Crippen LogP contribution in [0.15, 0.2) is 54.6 Å². The molecule has 26 heavy (non-hydrogen) atoms. The standard InChI is InChI=1S/C21H25N3O2/c1-16(15-24-13-7-12-20(24)25)22-21(26)23-19-11-6-5-10-18(19)14-17-8-3-2-4-9-17/h2-6,8-11,16H,7,12-15H2,1H3,(H2,22,23,26). The molecule has 2 aromatic carbocycles. The van der Waals surface area contributed by atoms with E-state index in [1.165, 1.54) is 5.56 Å². The van der Waals surface area contributed by atoms with E-state index in [1.54, 1.807) is 0 Å². The minimum atomic E-state index is -0.246. The van der Waals surface area contributed by atoms with Gasteiger partial charge in [-0.1, -0.05) is 48.5 Å². The van der Waals surface area contributed by atoms with Crippen LogP contribution in [0.1, 0.15) is 30.9 Å². The maximum atomic E-state index is 12.4. The molecule has 1 heterocycles. The summed E-state index contributed by atoms with van der Waals surface area (Å²) in [5.41, 5.74) is 3.07. The Morgan fingerprint density at radius 2 is 1.85 bits per heavy atom. The summed E-state index contributed by atoms with van der Waals surface area (Å²) < 4.78 is 0. The monoisotopic (exact) mass is 351 g/mol. The van der Waals surface area contributed by atoms with Gasteiger partial charge in [0.1, 0.15) is 0 Å². The number of likely N-dealkylation sites (tertiary alicyclic amines) is 1. The predicted octanol–water partition coefficient (Wildman–Crippen LogP) is 3.41. The molecule has 1 saturated heterocycles. The third-order valence-corrected chi connectivity index (χ3v) is 4.55. The molecule has 136 valence electrons. The molecule has 1 unspecified atom stereocenters. The number of carbonyl (C=O) groups excluding carboxylic acids is 2. The van der Waals surface area contributed by atoms with Gasteiger partial charge in [-0.3, -0.25) is 4.79 Å². The number of rotatable bonds is 6. The van der Waals surface area contributed by atoms with Crippen LogP contribution >= 0.6 is 0 Å². The number of nitrogens with zero attached hydrogens (tertiary/aromatic N) is 1. The van der Waals surface area contributed by atoms with Crippen LogP contribution in [0, 0.1) is 0 Å². The summed E-state index contributed by atoms with van der Waals surface area (Å²) in [6.07, 6.45) is 2.28. The third-order valence-electron chi connectivity index (χ3n) is 4.55. The molecule has 1 atom stereocenters. The summed E-state index contributed by atoms with van der Waals surface area (Å²) in [4.78, 5) is 25.9. The van der Waals surface area contributed by atoms with Crippen molar-refractivity contribution in [2.45, 2.75) is 32.2 Å². The first kappa shape index (κ1) is 18.0. The number of urea groups is 1. The topological polar surface area (TPSA) is 61.4 Å². The van der Waals surface area contributed by atoms with Gasteiger partial charge in [-0.15, -0.1) is 0 Å². The fraction of sp³-hybridized carbons (Fsp3) is 0.333. The van der Waals surface area contributed by atoms with Crippen LogP contribution in [0.5, 0.6) is 0 Å². The zero-order valence-corrected chi connectivity index (χ0v) is 15.1. The second-order valence-corrected chi connectivity index (χ2v) is 6.76. The van der Waals surface area contributed by atoms with Crippen LogP contribution < -0.4 is 10.6 Å². The van der Waals surface area contributed by atoms with Gasteiger partial charge in [-0.2, -0.15) is 0 Å². The summed E-state index contributed by atoms with van der Waals surface area (Å²) in [5.74, 6) is 0.173. The Morgan fingerprint density at radius 3 is 2.58 bits per heavy atom. The van der Waals surface area contributed by atoms with E-state index in [2.05, 4.69) is 22.8 Å². The molecule has 5 heteroatoms. The van der Waals surface area contributed by atoms with E-state index in [1.807, 2.05) is 54.3 Å². The highest BCUT2D eigenvalue weighted by atomic mass is 16.2. The molecule has 1 fully saturated rings. The quantitative estimate of drug-likeness (QED) is 0.838. The second-order valence-electron chi connectivity index (χ2n) is 6.76. The molecule has 0 aromatic heterocycles. The number of nitrogens with one attached hydrogen (secondary N) is 2. The molecule has 1 aliphatic rings. The minimum absolute atomic E-state index is 0.0988. The molecule has 3 amide bonds. The fourth-order valence-corrected chi connectivity index (χ4v) is 3.27. The fourth-order valence-electron chi connectivity index (χ4n) is 3.27. The van der Waals surface area contributed by atoms with Crippen LogP contribution in [-0.4, -0.2) is 36.0 Å². The largest absolute Gasteiger partial charge is 0.341 e. The zero-order chi connectivity index (χ0) is 18.4. The lowest BCUT2D eigenvalue weighted by Crippen LogP contribution is -2.44. The van der Waals surface area contributed by atoms with Crippen molar-refractivity contribution < 1.29 is 9.59 Å². The van der Waals surface area contributed by atoms with Crippen molar-refractivity contribution in [3.8, 4) is 0 Å². The maximum Gasteiger partial charge on any atom is 0.319 e. The van der Waals surface area contributed by atoms with E-state index in [9.17, 15) is 9.59 Å². The molecule has 0 radical (unpaired) electrons. The van der Waals surface area contributed by atoms with Crippen molar-refractivity contribution in [2.75, 3.05) is 18.4 Å². The molecule has 5 nitrogen and oxygen atoms in total. The van der Waals surface area contributed by atoms with Crippen molar-refractivity contribution in [2.24, 2.45) is 0 Å². The Bertz CT molecular complexity index is 761. The Morgan fingerprint density at radius 1 is 1.12 bits per heavy atom. The van der Waals surface area contributed by atoms with Crippen molar-refractivity contribution in [3.05, 3.63) is 65.7 Å². The van der Waals surface area contributed by atoms with Gasteiger partial charge in [0.25, 0.3) is 0 Å². The summed E-state index contributed by atoms with van der Waals surface area (Å²) in [7, 11) is 0. The summed E-state index contributed by atoms with van der Waals surface area (Å²) in [6, 6.07) is 17.6. The highest BCUT2D eigenvalue weighted by molar-refractivity contribution is 5.90. The number of benzene rings is 2. The lowest BCUT2D eigenvalue weighted by molar-refractivity contribution is -0.127. The summed E-state index contributed by atoms with van der Waals surface area (Å²) in [6.45, 7) is 3.26. The Labute approximate surface area is 154 Å². The molecule has 0 saturated carbocycles. The van der Waals surface area contributed by atoms with E-state index in [4.69, 9.17) is 0 Å². The molecule has 1 aliphatic heterocycles. The molecule has 0 spiro atoms. The lowest BCUT2D eigenvalue weighted by Gasteiger charge is -2.22. The van der Waals surface area contributed by atoms with Gasteiger partial charge < -0.3 is 15.5 Å². The van der Waals surface area contributed by atoms with E-state index in [-0.39, 0.29) is 18.0 Å². The van der Waals surface area contributed by atoms with Gasteiger partial charge in [0.2, 0.25) is 5.91 Å². The highest BCUT2D eigenvalue weighted by Crippen LogP contribution is 2.19. The zero-order valence-electron chi connectivity index (χ0n) is 15.1. The number of amides is 3. The SMILES string of the molecule is CC(CN1CCCC1=O)NC(=O)Nc1ccccc1Cc1ccccc1. The molecule has 2 N–H and O–H groups in total. The van der Waals surface area contributed by atoms with E-state index in [0.717, 1.165) is 30.6 Å². The number of anilines is 1. The Kier molecular flexibility index (Phi) is 5.89. The predicted molar refractivity (Wildman–Crippen MR) is 103 cm³/mol. The van der Waals surface area contributed by atoms with Crippen LogP contribution in [0.3, 0.4) is 0 Å². The van der Waals surface area contributed by atoms with Crippen molar-refractivity contribution in [3.63, 3.8) is 0 Å². The molecule has 0 bridgehead atoms. The van der Waals surface area contributed by atoms with Crippen molar-refractivity contribution in [1.82, 2.24) is 10.2 Å².